The van der Waals surface area contributed by atoms with Crippen LogP contribution >= 0.6 is 11.3 Å². The molecule has 1 aliphatic rings. The molecule has 0 saturated carbocycles. The highest BCUT2D eigenvalue weighted by Gasteiger charge is 2.27. The Kier molecular flexibility index (Phi) is 4.90. The van der Waals surface area contributed by atoms with Gasteiger partial charge in [0.25, 0.3) is 0 Å². The summed E-state index contributed by atoms with van der Waals surface area (Å²) in [5, 5.41) is 11.9. The number of hydrogen-bond acceptors (Lipinski definition) is 5. The molecule has 0 fully saturated rings. The van der Waals surface area contributed by atoms with E-state index in [0.29, 0.717) is 17.5 Å². The standard InChI is InChI=1S/C18H23NO3S/c1-19-6-4-18-14(5-7-23-18)15(19)8-12-9-16(21-2)17(22-3)10-13(12)11-20/h5,7,9-10,15,20H,4,6,8,11H2,1-3H3. The van der Waals surface area contributed by atoms with Crippen molar-refractivity contribution in [3.63, 3.8) is 0 Å². The van der Waals surface area contributed by atoms with Crippen molar-refractivity contribution in [3.8, 4) is 11.5 Å². The highest BCUT2D eigenvalue weighted by atomic mass is 32.1. The number of thiophene rings is 1. The van der Waals surface area contributed by atoms with Gasteiger partial charge in [0.15, 0.2) is 11.5 Å². The predicted molar refractivity (Wildman–Crippen MR) is 92.6 cm³/mol. The highest BCUT2D eigenvalue weighted by molar-refractivity contribution is 7.10. The van der Waals surface area contributed by atoms with E-state index in [0.717, 1.165) is 30.5 Å². The van der Waals surface area contributed by atoms with E-state index in [4.69, 9.17) is 9.47 Å². The van der Waals surface area contributed by atoms with Crippen LogP contribution in [-0.2, 0) is 19.4 Å². The second-order valence-corrected chi connectivity index (χ2v) is 6.88. The topological polar surface area (TPSA) is 41.9 Å². The lowest BCUT2D eigenvalue weighted by Gasteiger charge is -2.33. The van der Waals surface area contributed by atoms with Gasteiger partial charge in [0.1, 0.15) is 0 Å². The molecule has 3 rings (SSSR count). The van der Waals surface area contributed by atoms with Crippen molar-refractivity contribution in [2.24, 2.45) is 0 Å². The normalized spacial score (nSPS) is 17.8. The fourth-order valence-electron chi connectivity index (χ4n) is 3.30. The minimum Gasteiger partial charge on any atom is -0.493 e. The fourth-order valence-corrected chi connectivity index (χ4v) is 4.22. The Hall–Kier alpha value is -1.56. The summed E-state index contributed by atoms with van der Waals surface area (Å²) in [5.74, 6) is 1.37. The molecule has 1 atom stereocenters. The van der Waals surface area contributed by atoms with Crippen LogP contribution in [0.15, 0.2) is 23.6 Å². The minimum absolute atomic E-state index is 0.00260. The molecular formula is C18H23NO3S. The minimum atomic E-state index is 0.00260. The van der Waals surface area contributed by atoms with Crippen LogP contribution in [0.4, 0.5) is 0 Å². The molecule has 5 heteroatoms. The van der Waals surface area contributed by atoms with Gasteiger partial charge in [0.2, 0.25) is 0 Å². The van der Waals surface area contributed by atoms with Crippen molar-refractivity contribution >= 4 is 11.3 Å². The van der Waals surface area contributed by atoms with Crippen LogP contribution in [0.3, 0.4) is 0 Å². The quantitative estimate of drug-likeness (QED) is 0.913. The van der Waals surface area contributed by atoms with Crippen LogP contribution in [0.1, 0.15) is 27.6 Å². The number of hydrogen-bond donors (Lipinski definition) is 1. The first-order valence-corrected chi connectivity index (χ1v) is 8.67. The van der Waals surface area contributed by atoms with Crippen LogP contribution in [0.5, 0.6) is 11.5 Å². The second kappa shape index (κ2) is 6.91. The Morgan fingerprint density at radius 2 is 1.91 bits per heavy atom. The summed E-state index contributed by atoms with van der Waals surface area (Å²) >= 11 is 1.84. The molecule has 2 aromatic rings. The molecule has 23 heavy (non-hydrogen) atoms. The Morgan fingerprint density at radius 1 is 1.22 bits per heavy atom. The van der Waals surface area contributed by atoms with E-state index in [1.807, 2.05) is 23.5 Å². The van der Waals surface area contributed by atoms with Crippen molar-refractivity contribution in [1.29, 1.82) is 0 Å². The summed E-state index contributed by atoms with van der Waals surface area (Å²) in [6.45, 7) is 1.07. The van der Waals surface area contributed by atoms with Gasteiger partial charge in [-0.25, -0.2) is 0 Å². The number of benzene rings is 1. The maximum Gasteiger partial charge on any atom is 0.161 e. The van der Waals surface area contributed by atoms with E-state index in [1.54, 1.807) is 14.2 Å². The van der Waals surface area contributed by atoms with Crippen molar-refractivity contribution in [1.82, 2.24) is 4.90 Å². The third-order valence-electron chi connectivity index (χ3n) is 4.65. The molecule has 1 aromatic heterocycles. The van der Waals surface area contributed by atoms with Crippen molar-refractivity contribution in [2.75, 3.05) is 27.8 Å². The Morgan fingerprint density at radius 3 is 2.57 bits per heavy atom. The molecule has 2 heterocycles. The maximum absolute atomic E-state index is 9.74. The van der Waals surface area contributed by atoms with Gasteiger partial charge in [-0.05, 0) is 60.2 Å². The monoisotopic (exact) mass is 333 g/mol. The smallest absolute Gasteiger partial charge is 0.161 e. The third-order valence-corrected chi connectivity index (χ3v) is 5.65. The molecule has 1 aliphatic heterocycles. The third kappa shape index (κ3) is 3.09. The summed E-state index contributed by atoms with van der Waals surface area (Å²) < 4.78 is 10.8. The van der Waals surface area contributed by atoms with Gasteiger partial charge in [0, 0.05) is 17.5 Å². The van der Waals surface area contributed by atoms with Crippen LogP contribution in [0.25, 0.3) is 0 Å². The van der Waals surface area contributed by atoms with Gasteiger partial charge >= 0.3 is 0 Å². The average Bonchev–Trinajstić information content (AvgIpc) is 3.05. The number of likely N-dealkylation sites (N-methyl/N-ethyl adjacent to an activating group) is 1. The zero-order chi connectivity index (χ0) is 16.4. The van der Waals surface area contributed by atoms with E-state index in [1.165, 1.54) is 10.4 Å². The molecular weight excluding hydrogens is 310 g/mol. The molecule has 0 amide bonds. The van der Waals surface area contributed by atoms with Gasteiger partial charge in [-0.2, -0.15) is 0 Å². The number of aliphatic hydroxyl groups excluding tert-OH is 1. The number of fused-ring (bicyclic) bond motifs is 1. The maximum atomic E-state index is 9.74. The fraction of sp³-hybridized carbons (Fsp3) is 0.444. The van der Waals surface area contributed by atoms with E-state index in [2.05, 4.69) is 23.4 Å². The molecule has 4 nitrogen and oxygen atoms in total. The number of methoxy groups -OCH3 is 2. The average molecular weight is 333 g/mol. The highest BCUT2D eigenvalue weighted by Crippen LogP contribution is 2.37. The van der Waals surface area contributed by atoms with Gasteiger partial charge in [-0.3, -0.25) is 4.90 Å². The molecule has 1 N–H and O–H groups in total. The number of ether oxygens (including phenoxy) is 2. The Balaban J connectivity index is 1.96. The lowest BCUT2D eigenvalue weighted by atomic mass is 9.92. The number of nitrogens with zero attached hydrogens (tertiary/aromatic N) is 1. The van der Waals surface area contributed by atoms with Gasteiger partial charge in [0.05, 0.1) is 20.8 Å². The van der Waals surface area contributed by atoms with Crippen molar-refractivity contribution in [3.05, 3.63) is 45.1 Å². The van der Waals surface area contributed by atoms with E-state index >= 15 is 0 Å². The molecule has 0 bridgehead atoms. The SMILES string of the molecule is COc1cc(CO)c(CC2c3ccsc3CCN2C)cc1OC. The van der Waals surface area contributed by atoms with Crippen molar-refractivity contribution in [2.45, 2.75) is 25.5 Å². The van der Waals surface area contributed by atoms with Crippen LogP contribution in [0.2, 0.25) is 0 Å². The van der Waals surface area contributed by atoms with Gasteiger partial charge in [-0.15, -0.1) is 11.3 Å². The number of rotatable bonds is 5. The van der Waals surface area contributed by atoms with Gasteiger partial charge in [-0.1, -0.05) is 0 Å². The zero-order valence-corrected chi connectivity index (χ0v) is 14.7. The molecule has 1 aromatic carbocycles. The van der Waals surface area contributed by atoms with Crippen molar-refractivity contribution < 1.29 is 14.6 Å². The first-order chi connectivity index (χ1) is 11.2. The van der Waals surface area contributed by atoms with E-state index in [-0.39, 0.29) is 6.61 Å². The van der Waals surface area contributed by atoms with E-state index in [9.17, 15) is 5.11 Å². The molecule has 124 valence electrons. The molecule has 0 aliphatic carbocycles. The largest absolute Gasteiger partial charge is 0.493 e. The van der Waals surface area contributed by atoms with Crippen LogP contribution in [-0.4, -0.2) is 37.8 Å². The number of aliphatic hydroxyl groups is 1. The summed E-state index contributed by atoms with van der Waals surface area (Å²) in [6, 6.07) is 6.46. The van der Waals surface area contributed by atoms with E-state index < -0.39 is 0 Å². The Labute approximate surface area is 141 Å². The molecule has 0 saturated heterocycles. The lowest BCUT2D eigenvalue weighted by Crippen LogP contribution is -2.32. The Bertz CT molecular complexity index is 683. The molecule has 1 unspecified atom stereocenters. The predicted octanol–water partition coefficient (Wildman–Crippen LogP) is 3.03. The molecule has 0 spiro atoms. The summed E-state index contributed by atoms with van der Waals surface area (Å²) in [5.41, 5.74) is 3.43. The first kappa shape index (κ1) is 16.3. The summed E-state index contributed by atoms with van der Waals surface area (Å²) in [7, 11) is 5.43. The summed E-state index contributed by atoms with van der Waals surface area (Å²) in [4.78, 5) is 3.88. The zero-order valence-electron chi connectivity index (χ0n) is 13.8. The second-order valence-electron chi connectivity index (χ2n) is 5.88. The summed E-state index contributed by atoms with van der Waals surface area (Å²) in [6.07, 6.45) is 1.98. The molecule has 0 radical (unpaired) electrons. The first-order valence-electron chi connectivity index (χ1n) is 7.79. The van der Waals surface area contributed by atoms with Crippen LogP contribution in [0, 0.1) is 0 Å². The lowest BCUT2D eigenvalue weighted by molar-refractivity contribution is 0.229. The van der Waals surface area contributed by atoms with Gasteiger partial charge < -0.3 is 14.6 Å². The van der Waals surface area contributed by atoms with Crippen LogP contribution < -0.4 is 9.47 Å².